The van der Waals surface area contributed by atoms with Gasteiger partial charge in [0.15, 0.2) is 0 Å². The molecule has 0 aliphatic heterocycles. The number of hydrogen-bond donors (Lipinski definition) is 2. The second-order valence-corrected chi connectivity index (χ2v) is 4.42. The largest absolute Gasteiger partial charge is 0.355 e. The van der Waals surface area contributed by atoms with Crippen molar-refractivity contribution in [3.63, 3.8) is 0 Å². The van der Waals surface area contributed by atoms with E-state index in [0.717, 1.165) is 0 Å². The highest BCUT2D eigenvalue weighted by molar-refractivity contribution is 5.81. The smallest absolute Gasteiger partial charge is 0.334 e. The predicted octanol–water partition coefficient (Wildman–Crippen LogP) is 1.000. The second-order valence-electron chi connectivity index (χ2n) is 4.42. The third kappa shape index (κ3) is 3.43. The molecule has 2 N–H and O–H groups in total. The molecule has 106 valence electrons. The number of amides is 1. The molecule has 0 unspecified atom stereocenters. The molecule has 1 amide bonds. The van der Waals surface area contributed by atoms with Crippen molar-refractivity contribution in [2.24, 2.45) is 7.05 Å². The molecule has 8 heteroatoms. The number of carbonyl (C=O) groups excluding carboxylic acids is 1. The van der Waals surface area contributed by atoms with Gasteiger partial charge >= 0.3 is 5.69 Å². The van der Waals surface area contributed by atoms with Crippen LogP contribution < -0.4 is 10.6 Å². The van der Waals surface area contributed by atoms with E-state index in [1.165, 1.54) is 4.68 Å². The Balaban J connectivity index is 2.99. The molecule has 19 heavy (non-hydrogen) atoms. The van der Waals surface area contributed by atoms with Crippen molar-refractivity contribution < 1.29 is 9.72 Å². The molecule has 0 atom stereocenters. The van der Waals surface area contributed by atoms with Gasteiger partial charge in [-0.2, -0.15) is 5.10 Å². The Labute approximate surface area is 111 Å². The van der Waals surface area contributed by atoms with E-state index < -0.39 is 4.92 Å². The number of hydrogen-bond acceptors (Lipinski definition) is 5. The van der Waals surface area contributed by atoms with Gasteiger partial charge in [0.25, 0.3) is 0 Å². The topological polar surface area (TPSA) is 102 Å². The second kappa shape index (κ2) is 6.17. The van der Waals surface area contributed by atoms with Gasteiger partial charge in [-0.1, -0.05) is 13.8 Å². The number of rotatable bonds is 6. The summed E-state index contributed by atoms with van der Waals surface area (Å²) >= 11 is 0. The highest BCUT2D eigenvalue weighted by Gasteiger charge is 2.28. The molecule has 0 aliphatic carbocycles. The fourth-order valence-corrected chi connectivity index (χ4v) is 1.72. The summed E-state index contributed by atoms with van der Waals surface area (Å²) in [5.74, 6) is -0.0318. The average molecular weight is 269 g/mol. The van der Waals surface area contributed by atoms with Gasteiger partial charge in [0.05, 0.1) is 11.5 Å². The van der Waals surface area contributed by atoms with Gasteiger partial charge in [-0.15, -0.1) is 0 Å². The van der Waals surface area contributed by atoms with E-state index in [1.807, 2.05) is 13.8 Å². The molecule has 0 aliphatic rings. The predicted molar refractivity (Wildman–Crippen MR) is 71.1 cm³/mol. The number of likely N-dealkylation sites (N-methyl/N-ethyl adjacent to an activating group) is 1. The van der Waals surface area contributed by atoms with Crippen molar-refractivity contribution in [2.45, 2.75) is 26.7 Å². The monoisotopic (exact) mass is 269 g/mol. The molecule has 1 aromatic heterocycles. The summed E-state index contributed by atoms with van der Waals surface area (Å²) < 4.78 is 1.40. The third-order valence-corrected chi connectivity index (χ3v) is 2.57. The third-order valence-electron chi connectivity index (χ3n) is 2.57. The zero-order valence-electron chi connectivity index (χ0n) is 11.6. The van der Waals surface area contributed by atoms with Crippen LogP contribution in [0.1, 0.15) is 32.4 Å². The van der Waals surface area contributed by atoms with Crippen LogP contribution in [0.15, 0.2) is 0 Å². The first-order valence-electron chi connectivity index (χ1n) is 6.10. The summed E-state index contributed by atoms with van der Waals surface area (Å²) in [6.07, 6.45) is 0. The maximum Gasteiger partial charge on any atom is 0.334 e. The summed E-state index contributed by atoms with van der Waals surface area (Å²) in [6, 6.07) is 0. The van der Waals surface area contributed by atoms with E-state index in [-0.39, 0.29) is 29.9 Å². The van der Waals surface area contributed by atoms with Crippen LogP contribution >= 0.6 is 0 Å². The summed E-state index contributed by atoms with van der Waals surface area (Å²) in [6.45, 7) is 5.98. The molecule has 1 rings (SSSR count). The fraction of sp³-hybridized carbons (Fsp3) is 0.636. The van der Waals surface area contributed by atoms with Gasteiger partial charge in [0.2, 0.25) is 11.7 Å². The van der Waals surface area contributed by atoms with Crippen LogP contribution in [0.2, 0.25) is 0 Å². The zero-order chi connectivity index (χ0) is 14.6. The number of carbonyl (C=O) groups is 1. The summed E-state index contributed by atoms with van der Waals surface area (Å²) in [5.41, 5.74) is 0.340. The van der Waals surface area contributed by atoms with E-state index >= 15 is 0 Å². The highest BCUT2D eigenvalue weighted by atomic mass is 16.6. The lowest BCUT2D eigenvalue weighted by molar-refractivity contribution is -0.384. The molecule has 8 nitrogen and oxygen atoms in total. The van der Waals surface area contributed by atoms with Crippen LogP contribution in [0.3, 0.4) is 0 Å². The first kappa shape index (κ1) is 14.9. The van der Waals surface area contributed by atoms with Gasteiger partial charge < -0.3 is 10.6 Å². The van der Waals surface area contributed by atoms with Crippen molar-refractivity contribution in [3.8, 4) is 0 Å². The van der Waals surface area contributed by atoms with Crippen LogP contribution in [0.5, 0.6) is 0 Å². The Hall–Kier alpha value is -2.12. The Bertz CT molecular complexity index is 481. The van der Waals surface area contributed by atoms with Gasteiger partial charge in [-0.3, -0.25) is 14.9 Å². The molecule has 0 spiro atoms. The molecule has 1 aromatic rings. The van der Waals surface area contributed by atoms with Crippen molar-refractivity contribution in [1.82, 2.24) is 15.1 Å². The fourth-order valence-electron chi connectivity index (χ4n) is 1.72. The normalized spacial score (nSPS) is 10.6. The van der Waals surface area contributed by atoms with Crippen LogP contribution in [0.4, 0.5) is 11.5 Å². The van der Waals surface area contributed by atoms with Crippen molar-refractivity contribution in [1.29, 1.82) is 0 Å². The quantitative estimate of drug-likeness (QED) is 0.592. The highest BCUT2D eigenvalue weighted by Crippen LogP contribution is 2.32. The average Bonchev–Trinajstić information content (AvgIpc) is 2.64. The molecular formula is C11H19N5O3. The van der Waals surface area contributed by atoms with Gasteiger partial charge in [0, 0.05) is 19.5 Å². The Kier molecular flexibility index (Phi) is 4.85. The number of nitro groups is 1. The summed E-state index contributed by atoms with van der Waals surface area (Å²) in [4.78, 5) is 22.0. The molecule has 0 aromatic carbocycles. The lowest BCUT2D eigenvalue weighted by Gasteiger charge is -2.06. The van der Waals surface area contributed by atoms with Crippen LogP contribution in [0.25, 0.3) is 0 Å². The van der Waals surface area contributed by atoms with E-state index in [9.17, 15) is 14.9 Å². The molecule has 0 saturated heterocycles. The van der Waals surface area contributed by atoms with Crippen LogP contribution in [-0.4, -0.2) is 33.7 Å². The lowest BCUT2D eigenvalue weighted by atomic mass is 10.1. The van der Waals surface area contributed by atoms with E-state index in [1.54, 1.807) is 14.0 Å². The maximum atomic E-state index is 11.4. The molecule has 0 radical (unpaired) electrons. The van der Waals surface area contributed by atoms with Gasteiger partial charge in [-0.25, -0.2) is 4.68 Å². The minimum atomic E-state index is -0.470. The van der Waals surface area contributed by atoms with E-state index in [4.69, 9.17) is 0 Å². The minimum absolute atomic E-state index is 0.0221. The standard InChI is InChI=1S/C11H19N5O3/c1-5-12-8(17)6-13-11-10(16(18)19)9(7(2)3)14-15(11)4/h7,13H,5-6H2,1-4H3,(H,12,17). The molecular weight excluding hydrogens is 250 g/mol. The number of aryl methyl sites for hydroxylation is 1. The first-order chi connectivity index (χ1) is 8.88. The van der Waals surface area contributed by atoms with Gasteiger partial charge in [-0.05, 0) is 6.92 Å². The van der Waals surface area contributed by atoms with E-state index in [0.29, 0.717) is 12.2 Å². The maximum absolute atomic E-state index is 11.4. The van der Waals surface area contributed by atoms with E-state index in [2.05, 4.69) is 15.7 Å². The van der Waals surface area contributed by atoms with Crippen LogP contribution in [0, 0.1) is 10.1 Å². The molecule has 0 bridgehead atoms. The molecule has 0 fully saturated rings. The first-order valence-corrected chi connectivity index (χ1v) is 6.10. The lowest BCUT2D eigenvalue weighted by Crippen LogP contribution is -2.30. The number of nitrogens with zero attached hydrogens (tertiary/aromatic N) is 3. The summed E-state index contributed by atoms with van der Waals surface area (Å²) in [5, 5.41) is 20.7. The summed E-state index contributed by atoms with van der Waals surface area (Å²) in [7, 11) is 1.61. The molecule has 0 saturated carbocycles. The number of anilines is 1. The number of nitrogens with one attached hydrogen (secondary N) is 2. The SMILES string of the molecule is CCNC(=O)CNc1c([N+](=O)[O-])c(C(C)C)nn1C. The van der Waals surface area contributed by atoms with Crippen LogP contribution in [-0.2, 0) is 11.8 Å². The van der Waals surface area contributed by atoms with Crippen molar-refractivity contribution in [2.75, 3.05) is 18.4 Å². The van der Waals surface area contributed by atoms with Crippen molar-refractivity contribution in [3.05, 3.63) is 15.8 Å². The number of aromatic nitrogens is 2. The Morgan fingerprint density at radius 1 is 1.53 bits per heavy atom. The zero-order valence-corrected chi connectivity index (χ0v) is 11.6. The Morgan fingerprint density at radius 3 is 2.63 bits per heavy atom. The Morgan fingerprint density at radius 2 is 2.16 bits per heavy atom. The van der Waals surface area contributed by atoms with Crippen molar-refractivity contribution >= 4 is 17.4 Å². The van der Waals surface area contributed by atoms with Gasteiger partial charge in [0.1, 0.15) is 5.69 Å². The minimum Gasteiger partial charge on any atom is -0.355 e. The molecule has 1 heterocycles.